The average Bonchev–Trinajstić information content (AvgIpc) is 2.96. The third kappa shape index (κ3) is 1.68. The van der Waals surface area contributed by atoms with E-state index in [1.165, 1.54) is 7.11 Å². The van der Waals surface area contributed by atoms with Gasteiger partial charge in [-0.25, -0.2) is 14.4 Å². The molecule has 1 aromatic rings. The van der Waals surface area contributed by atoms with Crippen LogP contribution in [0.15, 0.2) is 6.33 Å². The van der Waals surface area contributed by atoms with Crippen molar-refractivity contribution in [3.63, 3.8) is 0 Å². The van der Waals surface area contributed by atoms with Crippen LogP contribution in [-0.4, -0.2) is 34.2 Å². The zero-order valence-electron chi connectivity index (χ0n) is 8.14. The fourth-order valence-corrected chi connectivity index (χ4v) is 1.48. The first-order valence-electron chi connectivity index (χ1n) is 4.53. The van der Waals surface area contributed by atoms with Crippen LogP contribution in [0.25, 0.3) is 0 Å². The smallest absolute Gasteiger partial charge is 0.481 e. The molecule has 15 heavy (non-hydrogen) atoms. The lowest BCUT2D eigenvalue weighted by atomic mass is 9.78. The number of halogens is 1. The minimum absolute atomic E-state index is 0.000995. The van der Waals surface area contributed by atoms with Crippen LogP contribution in [0.1, 0.15) is 18.5 Å². The number of nitrogens with zero attached hydrogens (tertiary/aromatic N) is 2. The predicted octanol–water partition coefficient (Wildman–Crippen LogP) is -0.876. The second-order valence-corrected chi connectivity index (χ2v) is 3.48. The summed E-state index contributed by atoms with van der Waals surface area (Å²) in [5.41, 5.74) is -1.61. The summed E-state index contributed by atoms with van der Waals surface area (Å²) in [6.07, 6.45) is 1.83. The first kappa shape index (κ1) is 10.3. The second kappa shape index (κ2) is 3.43. The number of methoxy groups -OCH3 is 1. The Hall–Kier alpha value is -1.21. The highest BCUT2D eigenvalue weighted by Crippen LogP contribution is 2.48. The van der Waals surface area contributed by atoms with Crippen LogP contribution in [-0.2, 0) is 5.67 Å². The minimum Gasteiger partial charge on any atom is -0.481 e. The largest absolute Gasteiger partial charge is 0.496 e. The van der Waals surface area contributed by atoms with E-state index in [0.717, 1.165) is 6.33 Å². The molecule has 7 heteroatoms. The van der Waals surface area contributed by atoms with Crippen LogP contribution in [0.3, 0.4) is 0 Å². The Bertz CT molecular complexity index is 384. The molecule has 0 unspecified atom stereocenters. The molecule has 2 rings (SSSR count). The summed E-state index contributed by atoms with van der Waals surface area (Å²) < 4.78 is 18.6. The normalized spacial score (nSPS) is 17.3. The van der Waals surface area contributed by atoms with Crippen LogP contribution < -0.4 is 10.2 Å². The van der Waals surface area contributed by atoms with E-state index in [0.29, 0.717) is 12.8 Å². The van der Waals surface area contributed by atoms with Crippen molar-refractivity contribution in [1.82, 2.24) is 9.97 Å². The molecule has 2 N–H and O–H groups in total. The molecule has 0 radical (unpaired) electrons. The van der Waals surface area contributed by atoms with Crippen molar-refractivity contribution >= 4 is 12.6 Å². The molecule has 1 aromatic heterocycles. The molecular formula is C8H10BFN2O3. The van der Waals surface area contributed by atoms with Gasteiger partial charge in [0.15, 0.2) is 5.67 Å². The molecule has 0 aromatic carbocycles. The van der Waals surface area contributed by atoms with Crippen molar-refractivity contribution in [2.24, 2.45) is 0 Å². The van der Waals surface area contributed by atoms with Crippen LogP contribution in [0, 0.1) is 0 Å². The summed E-state index contributed by atoms with van der Waals surface area (Å²) in [6, 6.07) is 0. The van der Waals surface area contributed by atoms with Crippen molar-refractivity contribution in [2.45, 2.75) is 18.5 Å². The molecule has 1 fully saturated rings. The summed E-state index contributed by atoms with van der Waals surface area (Å²) in [7, 11) is -0.500. The minimum atomic E-state index is -1.83. The van der Waals surface area contributed by atoms with Crippen LogP contribution in [0.2, 0.25) is 0 Å². The average molecular weight is 212 g/mol. The highest BCUT2D eigenvalue weighted by Gasteiger charge is 2.50. The van der Waals surface area contributed by atoms with Crippen LogP contribution >= 0.6 is 0 Å². The van der Waals surface area contributed by atoms with E-state index in [1.807, 2.05) is 0 Å². The Balaban J connectivity index is 2.53. The molecule has 1 saturated carbocycles. The molecule has 80 valence electrons. The molecule has 0 amide bonds. The molecule has 0 aliphatic heterocycles. The molecule has 1 aliphatic carbocycles. The highest BCUT2D eigenvalue weighted by molar-refractivity contribution is 6.60. The third-order valence-corrected chi connectivity index (χ3v) is 2.41. The van der Waals surface area contributed by atoms with E-state index in [2.05, 4.69) is 9.97 Å². The van der Waals surface area contributed by atoms with Crippen molar-refractivity contribution in [1.29, 1.82) is 0 Å². The maximum absolute atomic E-state index is 13.8. The van der Waals surface area contributed by atoms with Gasteiger partial charge in [0.2, 0.25) is 5.88 Å². The van der Waals surface area contributed by atoms with Gasteiger partial charge < -0.3 is 14.8 Å². The second-order valence-electron chi connectivity index (χ2n) is 3.48. The molecule has 1 aliphatic rings. The van der Waals surface area contributed by atoms with Gasteiger partial charge in [-0.2, -0.15) is 0 Å². The first-order chi connectivity index (χ1) is 7.08. The van der Waals surface area contributed by atoms with E-state index in [-0.39, 0.29) is 17.0 Å². The summed E-state index contributed by atoms with van der Waals surface area (Å²) in [5, 5.41) is 18.3. The van der Waals surface area contributed by atoms with Gasteiger partial charge in [0, 0.05) is 0 Å². The number of aromatic nitrogens is 2. The first-order valence-corrected chi connectivity index (χ1v) is 4.53. The zero-order valence-corrected chi connectivity index (χ0v) is 8.14. The Morgan fingerprint density at radius 1 is 1.47 bits per heavy atom. The third-order valence-electron chi connectivity index (χ3n) is 2.41. The number of rotatable bonds is 3. The molecule has 1 heterocycles. The van der Waals surface area contributed by atoms with E-state index in [9.17, 15) is 4.39 Å². The zero-order chi connectivity index (χ0) is 11.1. The predicted molar refractivity (Wildman–Crippen MR) is 50.4 cm³/mol. The molecule has 5 nitrogen and oxygen atoms in total. The Kier molecular flexibility index (Phi) is 2.36. The number of alkyl halides is 1. The van der Waals surface area contributed by atoms with Gasteiger partial charge in [0.25, 0.3) is 0 Å². The van der Waals surface area contributed by atoms with E-state index >= 15 is 0 Å². The Morgan fingerprint density at radius 2 is 2.13 bits per heavy atom. The quantitative estimate of drug-likeness (QED) is 0.636. The van der Waals surface area contributed by atoms with Crippen LogP contribution in [0.4, 0.5) is 4.39 Å². The molecule has 0 saturated heterocycles. The van der Waals surface area contributed by atoms with Gasteiger partial charge in [0.1, 0.15) is 6.33 Å². The Labute approximate surface area is 86.1 Å². The fraction of sp³-hybridized carbons (Fsp3) is 0.500. The standard InChI is InChI=1S/C8H10BFN2O3/c1-15-7-5(9(13)14)6(11-4-12-7)8(10)2-3-8/h4,13-14H,2-3H2,1H3. The Morgan fingerprint density at radius 3 is 2.60 bits per heavy atom. The monoisotopic (exact) mass is 212 g/mol. The number of hydrogen-bond acceptors (Lipinski definition) is 5. The summed E-state index contributed by atoms with van der Waals surface area (Å²) in [6.45, 7) is 0. The van der Waals surface area contributed by atoms with Crippen molar-refractivity contribution in [3.05, 3.63) is 12.0 Å². The SMILES string of the molecule is COc1ncnc(C2(F)CC2)c1B(O)O. The van der Waals surface area contributed by atoms with Gasteiger partial charge in [0.05, 0.1) is 18.3 Å². The molecule has 0 spiro atoms. The van der Waals surface area contributed by atoms with E-state index in [4.69, 9.17) is 14.8 Å². The maximum Gasteiger partial charge on any atom is 0.496 e. The van der Waals surface area contributed by atoms with E-state index in [1.54, 1.807) is 0 Å². The molecule has 0 atom stereocenters. The highest BCUT2D eigenvalue weighted by atomic mass is 19.1. The summed E-state index contributed by atoms with van der Waals surface area (Å²) in [5.74, 6) is -0.000995. The van der Waals surface area contributed by atoms with Gasteiger partial charge in [-0.1, -0.05) is 0 Å². The molecule has 0 bridgehead atoms. The molecular weight excluding hydrogens is 202 g/mol. The summed E-state index contributed by atoms with van der Waals surface area (Å²) >= 11 is 0. The maximum atomic E-state index is 13.8. The van der Waals surface area contributed by atoms with Crippen molar-refractivity contribution in [3.8, 4) is 5.88 Å². The topological polar surface area (TPSA) is 75.5 Å². The fourth-order valence-electron chi connectivity index (χ4n) is 1.48. The van der Waals surface area contributed by atoms with Crippen molar-refractivity contribution < 1.29 is 19.2 Å². The number of ether oxygens (including phenoxy) is 1. The lowest BCUT2D eigenvalue weighted by Crippen LogP contribution is -2.37. The van der Waals surface area contributed by atoms with Gasteiger partial charge >= 0.3 is 7.12 Å². The van der Waals surface area contributed by atoms with Gasteiger partial charge in [-0.05, 0) is 12.8 Å². The van der Waals surface area contributed by atoms with E-state index < -0.39 is 12.8 Å². The van der Waals surface area contributed by atoms with Gasteiger partial charge in [-0.15, -0.1) is 0 Å². The van der Waals surface area contributed by atoms with Crippen LogP contribution in [0.5, 0.6) is 5.88 Å². The lowest BCUT2D eigenvalue weighted by Gasteiger charge is -2.12. The van der Waals surface area contributed by atoms with Crippen molar-refractivity contribution in [2.75, 3.05) is 7.11 Å². The lowest BCUT2D eigenvalue weighted by molar-refractivity contribution is 0.306. The van der Waals surface area contributed by atoms with Gasteiger partial charge in [-0.3, -0.25) is 0 Å². The summed E-state index contributed by atoms with van der Waals surface area (Å²) in [4.78, 5) is 7.46. The number of hydrogen-bond donors (Lipinski definition) is 2.